The lowest BCUT2D eigenvalue weighted by Crippen LogP contribution is -2.34. The van der Waals surface area contributed by atoms with Crippen molar-refractivity contribution >= 4 is 11.7 Å². The van der Waals surface area contributed by atoms with Gasteiger partial charge in [-0.05, 0) is 62.1 Å². The van der Waals surface area contributed by atoms with Crippen LogP contribution in [0.25, 0.3) is 5.69 Å². The van der Waals surface area contributed by atoms with Gasteiger partial charge in [-0.25, -0.2) is 4.79 Å². The van der Waals surface area contributed by atoms with Crippen LogP contribution < -0.4 is 10.6 Å². The molecule has 6 nitrogen and oxygen atoms in total. The van der Waals surface area contributed by atoms with E-state index in [9.17, 15) is 4.79 Å². The van der Waals surface area contributed by atoms with Crippen LogP contribution in [0, 0.1) is 12.8 Å². The molecule has 1 aliphatic heterocycles. The largest absolute Gasteiger partial charge is 0.385 e. The second-order valence-corrected chi connectivity index (χ2v) is 7.18. The van der Waals surface area contributed by atoms with Gasteiger partial charge in [0.2, 0.25) is 0 Å². The van der Waals surface area contributed by atoms with Gasteiger partial charge in [-0.2, -0.15) is 0 Å². The minimum absolute atomic E-state index is 0.138. The number of nitrogens with one attached hydrogen (secondary N) is 2. The molecule has 1 unspecified atom stereocenters. The van der Waals surface area contributed by atoms with Gasteiger partial charge in [-0.3, -0.25) is 0 Å². The Bertz CT molecular complexity index is 730. The lowest BCUT2D eigenvalue weighted by Gasteiger charge is -2.17. The Morgan fingerprint density at radius 3 is 2.85 bits per heavy atom. The van der Waals surface area contributed by atoms with E-state index in [-0.39, 0.29) is 6.03 Å². The van der Waals surface area contributed by atoms with E-state index in [4.69, 9.17) is 4.74 Å². The number of nitrogens with zero attached hydrogens (tertiary/aromatic N) is 2. The first-order chi connectivity index (χ1) is 13.2. The summed E-state index contributed by atoms with van der Waals surface area (Å²) < 4.78 is 7.16. The van der Waals surface area contributed by atoms with Crippen LogP contribution in [0.3, 0.4) is 0 Å². The molecule has 2 heterocycles. The van der Waals surface area contributed by atoms with Gasteiger partial charge in [0, 0.05) is 57.1 Å². The number of ether oxygens (including phenoxy) is 1. The summed E-state index contributed by atoms with van der Waals surface area (Å²) in [6.07, 6.45) is 6.21. The third-order valence-electron chi connectivity index (χ3n) is 5.18. The van der Waals surface area contributed by atoms with Gasteiger partial charge in [0.05, 0.1) is 0 Å². The summed E-state index contributed by atoms with van der Waals surface area (Å²) >= 11 is 0. The second-order valence-electron chi connectivity index (χ2n) is 7.18. The molecule has 0 aliphatic carbocycles. The highest BCUT2D eigenvalue weighted by molar-refractivity contribution is 5.90. The van der Waals surface area contributed by atoms with E-state index in [0.29, 0.717) is 12.5 Å². The van der Waals surface area contributed by atoms with Gasteiger partial charge in [0.25, 0.3) is 0 Å². The van der Waals surface area contributed by atoms with Crippen molar-refractivity contribution in [3.63, 3.8) is 0 Å². The zero-order valence-corrected chi connectivity index (χ0v) is 16.3. The maximum Gasteiger partial charge on any atom is 0.319 e. The normalized spacial score (nSPS) is 17.2. The van der Waals surface area contributed by atoms with Gasteiger partial charge in [0.15, 0.2) is 0 Å². The first kappa shape index (κ1) is 19.5. The van der Waals surface area contributed by atoms with Crippen molar-refractivity contribution in [2.45, 2.75) is 19.8 Å². The van der Waals surface area contributed by atoms with Crippen molar-refractivity contribution < 1.29 is 9.53 Å². The van der Waals surface area contributed by atoms with Crippen molar-refractivity contribution in [3.05, 3.63) is 48.3 Å². The molecule has 1 aromatic carbocycles. The summed E-state index contributed by atoms with van der Waals surface area (Å²) in [5, 5.41) is 6.03. The van der Waals surface area contributed by atoms with Crippen molar-refractivity contribution in [1.82, 2.24) is 14.8 Å². The fraction of sp³-hybridized carbons (Fsp3) is 0.476. The first-order valence-corrected chi connectivity index (χ1v) is 9.66. The number of benzene rings is 1. The van der Waals surface area contributed by atoms with E-state index in [1.54, 1.807) is 7.11 Å². The first-order valence-electron chi connectivity index (χ1n) is 9.66. The molecule has 1 aliphatic rings. The van der Waals surface area contributed by atoms with E-state index in [1.165, 1.54) is 0 Å². The van der Waals surface area contributed by atoms with Gasteiger partial charge in [0.1, 0.15) is 0 Å². The maximum absolute atomic E-state index is 12.4. The van der Waals surface area contributed by atoms with Gasteiger partial charge in [-0.15, -0.1) is 0 Å². The molecule has 1 fully saturated rings. The molecule has 3 rings (SSSR count). The fourth-order valence-electron chi connectivity index (χ4n) is 3.65. The molecule has 6 heteroatoms. The molecule has 146 valence electrons. The average molecular weight is 370 g/mol. The number of carbonyl (C=O) groups is 1. The highest BCUT2D eigenvalue weighted by Crippen LogP contribution is 2.22. The quantitative estimate of drug-likeness (QED) is 0.701. The monoisotopic (exact) mass is 370 g/mol. The molecule has 2 N–H and O–H groups in total. The lowest BCUT2D eigenvalue weighted by molar-refractivity contribution is 0.178. The van der Waals surface area contributed by atoms with Gasteiger partial charge in [-0.1, -0.05) is 6.07 Å². The van der Waals surface area contributed by atoms with Gasteiger partial charge < -0.3 is 24.8 Å². The van der Waals surface area contributed by atoms with Crippen molar-refractivity contribution in [1.29, 1.82) is 0 Å². The highest BCUT2D eigenvalue weighted by atomic mass is 16.5. The minimum Gasteiger partial charge on any atom is -0.385 e. The Kier molecular flexibility index (Phi) is 6.90. The molecule has 1 saturated heterocycles. The van der Waals surface area contributed by atoms with E-state index < -0.39 is 0 Å². The Hall–Kier alpha value is -2.31. The summed E-state index contributed by atoms with van der Waals surface area (Å²) in [5.74, 6) is 0.519. The standard InChI is InChI=1S/C21H30N4O2/c1-17-19(7-5-8-20(17)25-11-3-4-12-25)23-21(26)22-15-18-9-13-24(16-18)10-6-14-27-2/h3-5,7-8,11-12,18H,6,9-10,13-16H2,1-2H3,(H2,22,23,26). The van der Waals surface area contributed by atoms with E-state index >= 15 is 0 Å². The predicted molar refractivity (Wildman–Crippen MR) is 109 cm³/mol. The van der Waals surface area contributed by atoms with Crippen LogP contribution in [0.5, 0.6) is 0 Å². The van der Waals surface area contributed by atoms with Crippen molar-refractivity contribution in [2.24, 2.45) is 5.92 Å². The Labute approximate surface area is 161 Å². The van der Waals surface area contributed by atoms with E-state index in [2.05, 4.69) is 26.2 Å². The number of methoxy groups -OCH3 is 1. The molecule has 0 bridgehead atoms. The summed E-state index contributed by atoms with van der Waals surface area (Å²) in [4.78, 5) is 14.8. The van der Waals surface area contributed by atoms with Gasteiger partial charge >= 0.3 is 6.03 Å². The lowest BCUT2D eigenvalue weighted by atomic mass is 10.1. The fourth-order valence-corrected chi connectivity index (χ4v) is 3.65. The van der Waals surface area contributed by atoms with E-state index in [0.717, 1.165) is 56.0 Å². The average Bonchev–Trinajstić information content (AvgIpc) is 3.34. The Morgan fingerprint density at radius 2 is 2.07 bits per heavy atom. The zero-order valence-electron chi connectivity index (χ0n) is 16.3. The summed E-state index contributed by atoms with van der Waals surface area (Å²) in [5.41, 5.74) is 2.96. The Balaban J connectivity index is 1.47. The summed E-state index contributed by atoms with van der Waals surface area (Å²) in [6.45, 7) is 6.77. The predicted octanol–water partition coefficient (Wildman–Crippen LogP) is 3.27. The molecule has 0 radical (unpaired) electrons. The molecule has 2 aromatic rings. The molecule has 1 aromatic heterocycles. The number of carbonyl (C=O) groups excluding carboxylic acids is 1. The van der Waals surface area contributed by atoms with Crippen molar-refractivity contribution in [2.75, 3.05) is 45.2 Å². The number of anilines is 1. The number of hydrogen-bond donors (Lipinski definition) is 2. The number of amides is 2. The number of aromatic nitrogens is 1. The number of likely N-dealkylation sites (tertiary alicyclic amines) is 1. The summed E-state index contributed by atoms with van der Waals surface area (Å²) in [7, 11) is 1.74. The minimum atomic E-state index is -0.138. The third-order valence-corrected chi connectivity index (χ3v) is 5.18. The van der Waals surface area contributed by atoms with Crippen LogP contribution in [0.15, 0.2) is 42.7 Å². The smallest absolute Gasteiger partial charge is 0.319 e. The highest BCUT2D eigenvalue weighted by Gasteiger charge is 2.22. The SMILES string of the molecule is COCCCN1CCC(CNC(=O)Nc2cccc(-n3cccc3)c2C)C1. The summed E-state index contributed by atoms with van der Waals surface area (Å²) in [6, 6.07) is 9.80. The van der Waals surface area contributed by atoms with Crippen LogP contribution in [-0.4, -0.2) is 55.4 Å². The zero-order chi connectivity index (χ0) is 19.1. The van der Waals surface area contributed by atoms with Crippen LogP contribution >= 0.6 is 0 Å². The second kappa shape index (κ2) is 9.58. The van der Waals surface area contributed by atoms with Crippen LogP contribution in [0.1, 0.15) is 18.4 Å². The van der Waals surface area contributed by atoms with Crippen LogP contribution in [0.4, 0.5) is 10.5 Å². The maximum atomic E-state index is 12.4. The molecule has 0 saturated carbocycles. The van der Waals surface area contributed by atoms with E-state index in [1.807, 2.05) is 43.6 Å². The number of urea groups is 1. The molecule has 2 amide bonds. The van der Waals surface area contributed by atoms with Crippen molar-refractivity contribution in [3.8, 4) is 5.69 Å². The molecule has 27 heavy (non-hydrogen) atoms. The Morgan fingerprint density at radius 1 is 1.26 bits per heavy atom. The topological polar surface area (TPSA) is 58.5 Å². The molecular weight excluding hydrogens is 340 g/mol. The number of hydrogen-bond acceptors (Lipinski definition) is 3. The molecule has 1 atom stereocenters. The third kappa shape index (κ3) is 5.34. The molecule has 0 spiro atoms. The van der Waals surface area contributed by atoms with Crippen LogP contribution in [0.2, 0.25) is 0 Å². The van der Waals surface area contributed by atoms with Crippen LogP contribution in [-0.2, 0) is 4.74 Å². The number of rotatable bonds is 8. The molecular formula is C21H30N4O2.